The number of hydrogen-bond acceptors (Lipinski definition) is 2. The van der Waals surface area contributed by atoms with Crippen molar-refractivity contribution in [3.63, 3.8) is 0 Å². The normalized spacial score (nSPS) is 21.4. The summed E-state index contributed by atoms with van der Waals surface area (Å²) in [5, 5.41) is 1.19. The number of rotatable bonds is 6. The van der Waals surface area contributed by atoms with Gasteiger partial charge in [-0.15, -0.1) is 0 Å². The molecule has 1 heterocycles. The van der Waals surface area contributed by atoms with Crippen molar-refractivity contribution in [3.8, 4) is 0 Å². The van der Waals surface area contributed by atoms with Gasteiger partial charge in [-0.1, -0.05) is 49.0 Å². The molecule has 0 spiro atoms. The Bertz CT molecular complexity index is 450. The van der Waals surface area contributed by atoms with Gasteiger partial charge < -0.3 is 10.6 Å². The van der Waals surface area contributed by atoms with Crippen molar-refractivity contribution >= 4 is 23.2 Å². The fourth-order valence-electron chi connectivity index (χ4n) is 3.16. The fraction of sp³-hybridized carbons (Fsp3) is 0.647. The minimum atomic E-state index is 0.0498. The lowest BCUT2D eigenvalue weighted by molar-refractivity contribution is 0.155. The number of benzene rings is 1. The first-order chi connectivity index (χ1) is 10.1. The van der Waals surface area contributed by atoms with Crippen LogP contribution in [-0.4, -0.2) is 24.5 Å². The summed E-state index contributed by atoms with van der Waals surface area (Å²) in [7, 11) is 0. The first-order valence-corrected chi connectivity index (χ1v) is 8.80. The summed E-state index contributed by atoms with van der Waals surface area (Å²) in [6.07, 6.45) is 6.34. The predicted molar refractivity (Wildman–Crippen MR) is 92.1 cm³/mol. The third-order valence-electron chi connectivity index (χ3n) is 4.46. The van der Waals surface area contributed by atoms with E-state index in [2.05, 4.69) is 11.8 Å². The minimum absolute atomic E-state index is 0.0498. The van der Waals surface area contributed by atoms with Crippen molar-refractivity contribution in [3.05, 3.63) is 33.8 Å². The molecule has 0 bridgehead atoms. The molecule has 0 amide bonds. The molecule has 1 saturated heterocycles. The Balaban J connectivity index is 1.94. The zero-order valence-electron chi connectivity index (χ0n) is 12.8. The lowest BCUT2D eigenvalue weighted by Crippen LogP contribution is -2.40. The first kappa shape index (κ1) is 17.1. The van der Waals surface area contributed by atoms with E-state index < -0.39 is 0 Å². The van der Waals surface area contributed by atoms with Crippen LogP contribution in [0.3, 0.4) is 0 Å². The molecule has 2 nitrogen and oxygen atoms in total. The second-order valence-corrected chi connectivity index (χ2v) is 6.92. The summed E-state index contributed by atoms with van der Waals surface area (Å²) in [6.45, 7) is 5.77. The summed E-state index contributed by atoms with van der Waals surface area (Å²) in [6, 6.07) is 5.83. The smallest absolute Gasteiger partial charge is 0.0595 e. The van der Waals surface area contributed by atoms with Crippen molar-refractivity contribution in [2.75, 3.05) is 19.6 Å². The number of unbranched alkanes of at least 4 members (excludes halogenated alkanes) is 2. The lowest BCUT2D eigenvalue weighted by atomic mass is 9.87. The molecule has 1 aromatic carbocycles. The van der Waals surface area contributed by atoms with Gasteiger partial charge in [0.15, 0.2) is 0 Å². The molecule has 2 rings (SSSR count). The molecule has 0 saturated carbocycles. The maximum atomic E-state index is 6.48. The average Bonchev–Trinajstić information content (AvgIpc) is 2.50. The molecule has 2 unspecified atom stereocenters. The van der Waals surface area contributed by atoms with Gasteiger partial charge in [0.05, 0.1) is 10.0 Å². The third kappa shape index (κ3) is 4.85. The molecule has 2 atom stereocenters. The highest BCUT2D eigenvalue weighted by Gasteiger charge is 2.26. The molecule has 0 radical (unpaired) electrons. The van der Waals surface area contributed by atoms with E-state index in [0.717, 1.165) is 12.1 Å². The molecule has 2 N–H and O–H groups in total. The molecule has 21 heavy (non-hydrogen) atoms. The van der Waals surface area contributed by atoms with Crippen molar-refractivity contribution < 1.29 is 0 Å². The van der Waals surface area contributed by atoms with Crippen LogP contribution in [0, 0.1) is 5.92 Å². The molecule has 1 aliphatic heterocycles. The van der Waals surface area contributed by atoms with Crippen LogP contribution < -0.4 is 5.73 Å². The van der Waals surface area contributed by atoms with E-state index >= 15 is 0 Å². The third-order valence-corrected chi connectivity index (χ3v) is 5.20. The van der Waals surface area contributed by atoms with Crippen LogP contribution in [0.1, 0.15) is 50.6 Å². The summed E-state index contributed by atoms with van der Waals surface area (Å²) in [4.78, 5) is 2.57. The number of halogens is 2. The van der Waals surface area contributed by atoms with E-state index in [9.17, 15) is 0 Å². The number of nitrogens with two attached hydrogens (primary N) is 1. The zero-order chi connectivity index (χ0) is 15.2. The summed E-state index contributed by atoms with van der Waals surface area (Å²) < 4.78 is 0. The van der Waals surface area contributed by atoms with Gasteiger partial charge in [-0.3, -0.25) is 0 Å². The van der Waals surface area contributed by atoms with Crippen LogP contribution in [0.2, 0.25) is 10.0 Å². The van der Waals surface area contributed by atoms with Gasteiger partial charge in [-0.2, -0.15) is 0 Å². The van der Waals surface area contributed by atoms with Crippen LogP contribution in [-0.2, 0) is 0 Å². The van der Waals surface area contributed by atoms with Crippen molar-refractivity contribution in [2.45, 2.75) is 45.1 Å². The first-order valence-electron chi connectivity index (χ1n) is 8.04. The van der Waals surface area contributed by atoms with Gasteiger partial charge in [0.25, 0.3) is 0 Å². The summed E-state index contributed by atoms with van der Waals surface area (Å²) in [5.41, 5.74) is 7.58. The molecule has 118 valence electrons. The molecule has 0 aromatic heterocycles. The number of hydrogen-bond donors (Lipinski definition) is 1. The van der Waals surface area contributed by atoms with Crippen molar-refractivity contribution in [1.29, 1.82) is 0 Å². The molecule has 1 fully saturated rings. The molecular formula is C17H26Cl2N2. The molecule has 0 aliphatic carbocycles. The van der Waals surface area contributed by atoms with E-state index in [0.29, 0.717) is 16.0 Å². The number of piperidine rings is 1. The van der Waals surface area contributed by atoms with E-state index in [4.69, 9.17) is 28.9 Å². The highest BCUT2D eigenvalue weighted by molar-refractivity contribution is 6.42. The van der Waals surface area contributed by atoms with Gasteiger partial charge in [0, 0.05) is 12.6 Å². The van der Waals surface area contributed by atoms with E-state index in [-0.39, 0.29) is 6.04 Å². The summed E-state index contributed by atoms with van der Waals surface area (Å²) >= 11 is 12.1. The molecule has 4 heteroatoms. The van der Waals surface area contributed by atoms with Gasteiger partial charge in [-0.25, -0.2) is 0 Å². The Hall–Kier alpha value is -0.280. The van der Waals surface area contributed by atoms with Crippen molar-refractivity contribution in [2.24, 2.45) is 11.7 Å². The number of nitrogens with zero attached hydrogens (tertiary/aromatic N) is 1. The maximum absolute atomic E-state index is 6.48. The van der Waals surface area contributed by atoms with Crippen LogP contribution in [0.25, 0.3) is 0 Å². The fourth-order valence-corrected chi connectivity index (χ4v) is 3.47. The Morgan fingerprint density at radius 3 is 2.81 bits per heavy atom. The van der Waals surface area contributed by atoms with Gasteiger partial charge in [-0.05, 0) is 56.0 Å². The lowest BCUT2D eigenvalue weighted by Gasteiger charge is -2.36. The standard InChI is InChI=1S/C17H26Cl2N2/c1-2-3-4-9-21-10-5-6-14(12-21)17(20)13-7-8-15(18)16(19)11-13/h7-8,11,14,17H,2-6,9-10,12,20H2,1H3. The second kappa shape index (κ2) is 8.38. The largest absolute Gasteiger partial charge is 0.324 e. The Morgan fingerprint density at radius 1 is 1.29 bits per heavy atom. The topological polar surface area (TPSA) is 29.3 Å². The Morgan fingerprint density at radius 2 is 2.10 bits per heavy atom. The monoisotopic (exact) mass is 328 g/mol. The van der Waals surface area contributed by atoms with Crippen LogP contribution in [0.5, 0.6) is 0 Å². The van der Waals surface area contributed by atoms with E-state index in [1.807, 2.05) is 18.2 Å². The SMILES string of the molecule is CCCCCN1CCCC(C(N)c2ccc(Cl)c(Cl)c2)C1. The predicted octanol–water partition coefficient (Wildman–Crippen LogP) is 4.90. The van der Waals surface area contributed by atoms with E-state index in [1.165, 1.54) is 45.2 Å². The second-order valence-electron chi connectivity index (χ2n) is 6.11. The highest BCUT2D eigenvalue weighted by atomic mass is 35.5. The van der Waals surface area contributed by atoms with Crippen molar-refractivity contribution in [1.82, 2.24) is 4.90 Å². The van der Waals surface area contributed by atoms with Gasteiger partial charge in [0.1, 0.15) is 0 Å². The molecular weight excluding hydrogens is 303 g/mol. The average molecular weight is 329 g/mol. The zero-order valence-corrected chi connectivity index (χ0v) is 14.3. The quantitative estimate of drug-likeness (QED) is 0.753. The van der Waals surface area contributed by atoms with Gasteiger partial charge >= 0.3 is 0 Å². The number of likely N-dealkylation sites (tertiary alicyclic amines) is 1. The van der Waals surface area contributed by atoms with E-state index in [1.54, 1.807) is 0 Å². The molecule has 1 aliphatic rings. The molecule has 1 aromatic rings. The maximum Gasteiger partial charge on any atom is 0.0595 e. The van der Waals surface area contributed by atoms with Crippen LogP contribution >= 0.6 is 23.2 Å². The van der Waals surface area contributed by atoms with Crippen LogP contribution in [0.4, 0.5) is 0 Å². The Kier molecular flexibility index (Phi) is 6.81. The minimum Gasteiger partial charge on any atom is -0.324 e. The van der Waals surface area contributed by atoms with Gasteiger partial charge in [0.2, 0.25) is 0 Å². The van der Waals surface area contributed by atoms with Crippen LogP contribution in [0.15, 0.2) is 18.2 Å². The summed E-state index contributed by atoms with van der Waals surface area (Å²) in [5.74, 6) is 0.512. The Labute approximate surface area is 138 Å². The highest BCUT2D eigenvalue weighted by Crippen LogP contribution is 2.31.